The second kappa shape index (κ2) is 8.87. The van der Waals surface area contributed by atoms with E-state index in [0.29, 0.717) is 17.0 Å². The van der Waals surface area contributed by atoms with Crippen LogP contribution in [0.3, 0.4) is 0 Å². The van der Waals surface area contributed by atoms with Gasteiger partial charge in [-0.15, -0.1) is 0 Å². The Balaban J connectivity index is 1.23. The van der Waals surface area contributed by atoms with Gasteiger partial charge in [-0.2, -0.15) is 0 Å². The molecule has 9 nitrogen and oxygen atoms in total. The number of aliphatic hydroxyl groups is 1. The van der Waals surface area contributed by atoms with Crippen LogP contribution in [0.5, 0.6) is 0 Å². The Kier molecular flexibility index (Phi) is 5.92. The number of likely N-dealkylation sites (tertiary alicyclic amines) is 1. The highest BCUT2D eigenvalue weighted by atomic mass is 16.3. The molecule has 0 bridgehead atoms. The molecule has 1 atom stereocenters. The van der Waals surface area contributed by atoms with Gasteiger partial charge in [-0.1, -0.05) is 0 Å². The minimum Gasteiger partial charge on any atom is -0.393 e. The molecule has 1 unspecified atom stereocenters. The quantitative estimate of drug-likeness (QED) is 0.647. The molecule has 4 amide bonds. The van der Waals surface area contributed by atoms with Gasteiger partial charge in [0.1, 0.15) is 6.04 Å². The smallest absolute Gasteiger partial charge is 0.262 e. The van der Waals surface area contributed by atoms with Gasteiger partial charge < -0.3 is 14.9 Å². The first-order valence-corrected chi connectivity index (χ1v) is 11.9. The summed E-state index contributed by atoms with van der Waals surface area (Å²) in [4.78, 5) is 55.3. The lowest BCUT2D eigenvalue weighted by Gasteiger charge is -2.37. The molecule has 9 heteroatoms. The Hall–Kier alpha value is -2.78. The number of nitrogens with one attached hydrogen (secondary N) is 1. The zero-order valence-electron chi connectivity index (χ0n) is 18.7. The number of nitrogens with zero attached hydrogens (tertiary/aromatic N) is 3. The van der Waals surface area contributed by atoms with Crippen molar-refractivity contribution in [3.8, 4) is 0 Å². The van der Waals surface area contributed by atoms with Gasteiger partial charge >= 0.3 is 0 Å². The van der Waals surface area contributed by atoms with Crippen molar-refractivity contribution in [3.05, 3.63) is 29.3 Å². The van der Waals surface area contributed by atoms with E-state index in [2.05, 4.69) is 15.1 Å². The molecule has 4 aliphatic rings. The molecule has 33 heavy (non-hydrogen) atoms. The molecule has 176 valence electrons. The van der Waals surface area contributed by atoms with E-state index in [-0.39, 0.29) is 24.9 Å². The van der Waals surface area contributed by atoms with Gasteiger partial charge in [-0.25, -0.2) is 0 Å². The Bertz CT molecular complexity index is 979. The van der Waals surface area contributed by atoms with Gasteiger partial charge in [0.25, 0.3) is 11.8 Å². The van der Waals surface area contributed by atoms with Gasteiger partial charge in [-0.05, 0) is 56.2 Å². The lowest BCUT2D eigenvalue weighted by molar-refractivity contribution is -0.136. The summed E-state index contributed by atoms with van der Waals surface area (Å²) in [6.07, 6.45) is 3.96. The lowest BCUT2D eigenvalue weighted by Crippen LogP contribution is -2.54. The summed E-state index contributed by atoms with van der Waals surface area (Å²) in [5, 5.41) is 11.9. The topological polar surface area (TPSA) is 110 Å². The minimum absolute atomic E-state index is 0.113. The van der Waals surface area contributed by atoms with Gasteiger partial charge in [0.15, 0.2) is 0 Å². The Morgan fingerprint density at radius 1 is 0.879 bits per heavy atom. The van der Waals surface area contributed by atoms with Gasteiger partial charge in [0.2, 0.25) is 11.8 Å². The molecule has 0 saturated carbocycles. The van der Waals surface area contributed by atoms with E-state index in [1.165, 1.54) is 0 Å². The summed E-state index contributed by atoms with van der Waals surface area (Å²) in [5.41, 5.74) is 1.56. The van der Waals surface area contributed by atoms with Crippen molar-refractivity contribution in [2.24, 2.45) is 5.92 Å². The number of benzene rings is 1. The molecule has 5 rings (SSSR count). The summed E-state index contributed by atoms with van der Waals surface area (Å²) in [6, 6.07) is 4.39. The number of aliphatic hydroxyl groups excluding tert-OH is 1. The van der Waals surface area contributed by atoms with E-state index >= 15 is 0 Å². The molecular formula is C24H30N4O5. The third-order valence-corrected chi connectivity index (χ3v) is 7.48. The first-order chi connectivity index (χ1) is 15.9. The van der Waals surface area contributed by atoms with Crippen LogP contribution in [-0.2, 0) is 9.59 Å². The molecule has 3 saturated heterocycles. The average molecular weight is 455 g/mol. The highest BCUT2D eigenvalue weighted by Crippen LogP contribution is 2.32. The first kappa shape index (κ1) is 22.0. The van der Waals surface area contributed by atoms with Crippen molar-refractivity contribution in [1.82, 2.24) is 15.1 Å². The van der Waals surface area contributed by atoms with E-state index in [1.54, 1.807) is 12.1 Å². The first-order valence-electron chi connectivity index (χ1n) is 11.9. The molecule has 1 aromatic carbocycles. The molecule has 1 aromatic rings. The molecule has 0 aliphatic carbocycles. The van der Waals surface area contributed by atoms with Crippen molar-refractivity contribution >= 4 is 29.3 Å². The molecule has 4 heterocycles. The highest BCUT2D eigenvalue weighted by molar-refractivity contribution is 6.23. The molecule has 4 aliphatic heterocycles. The number of anilines is 1. The molecule has 0 aromatic heterocycles. The van der Waals surface area contributed by atoms with Crippen LogP contribution in [0.2, 0.25) is 0 Å². The van der Waals surface area contributed by atoms with Crippen LogP contribution in [0.1, 0.15) is 59.2 Å². The molecule has 3 fully saturated rings. The summed E-state index contributed by atoms with van der Waals surface area (Å²) in [6.45, 7) is 4.77. The lowest BCUT2D eigenvalue weighted by atomic mass is 9.94. The zero-order valence-corrected chi connectivity index (χ0v) is 18.7. The van der Waals surface area contributed by atoms with E-state index in [0.717, 1.165) is 69.0 Å². The fourth-order valence-corrected chi connectivity index (χ4v) is 5.50. The van der Waals surface area contributed by atoms with Gasteiger partial charge in [0.05, 0.1) is 17.2 Å². The van der Waals surface area contributed by atoms with Crippen molar-refractivity contribution in [2.45, 2.75) is 50.7 Å². The number of hydrogen-bond acceptors (Lipinski definition) is 7. The molecule has 0 radical (unpaired) electrons. The number of amides is 4. The number of carbonyl (C=O) groups is 4. The normalized spacial score (nSPS) is 25.5. The predicted molar refractivity (Wildman–Crippen MR) is 120 cm³/mol. The summed E-state index contributed by atoms with van der Waals surface area (Å²) in [7, 11) is 0. The number of imide groups is 2. The largest absolute Gasteiger partial charge is 0.393 e. The maximum absolute atomic E-state index is 13.1. The standard InChI is InChI=1S/C24H30N4O5/c29-17-7-9-26(10-8-17)14-15-5-11-27(12-6-15)16-1-2-18-19(13-16)24(33)28(23(18)32)20-3-4-21(30)25-22(20)31/h1-2,13,15,17,20,29H,3-12,14H2,(H,25,30,31). The third kappa shape index (κ3) is 4.27. The van der Waals surface area contributed by atoms with Crippen LogP contribution in [0.15, 0.2) is 18.2 Å². The monoisotopic (exact) mass is 454 g/mol. The Morgan fingerprint density at radius 3 is 2.27 bits per heavy atom. The van der Waals surface area contributed by atoms with Crippen molar-refractivity contribution in [1.29, 1.82) is 0 Å². The number of hydrogen-bond donors (Lipinski definition) is 2. The van der Waals surface area contributed by atoms with Crippen LogP contribution >= 0.6 is 0 Å². The number of fused-ring (bicyclic) bond motifs is 1. The van der Waals surface area contributed by atoms with E-state index in [1.807, 2.05) is 6.07 Å². The fourth-order valence-electron chi connectivity index (χ4n) is 5.50. The van der Waals surface area contributed by atoms with E-state index in [4.69, 9.17) is 0 Å². The van der Waals surface area contributed by atoms with E-state index in [9.17, 15) is 24.3 Å². The SMILES string of the molecule is O=C1CCC(N2C(=O)c3ccc(N4CCC(CN5CCC(O)CC5)CC4)cc3C2=O)C(=O)N1. The van der Waals surface area contributed by atoms with Crippen molar-refractivity contribution in [2.75, 3.05) is 37.6 Å². The van der Waals surface area contributed by atoms with E-state index < -0.39 is 23.8 Å². The highest BCUT2D eigenvalue weighted by Gasteiger charge is 2.44. The second-order valence-electron chi connectivity index (χ2n) is 9.64. The maximum Gasteiger partial charge on any atom is 0.262 e. The van der Waals surface area contributed by atoms with Gasteiger partial charge in [-0.3, -0.25) is 29.4 Å². The minimum atomic E-state index is -0.940. The van der Waals surface area contributed by atoms with Crippen LogP contribution in [0.4, 0.5) is 5.69 Å². The Labute approximate surface area is 192 Å². The Morgan fingerprint density at radius 2 is 1.58 bits per heavy atom. The van der Waals surface area contributed by atoms with Crippen LogP contribution in [0, 0.1) is 5.92 Å². The van der Waals surface area contributed by atoms with Crippen molar-refractivity contribution < 1.29 is 24.3 Å². The second-order valence-corrected chi connectivity index (χ2v) is 9.64. The summed E-state index contributed by atoms with van der Waals surface area (Å²) in [5.74, 6) is -1.28. The predicted octanol–water partition coefficient (Wildman–Crippen LogP) is 0.761. The van der Waals surface area contributed by atoms with Crippen LogP contribution in [0.25, 0.3) is 0 Å². The average Bonchev–Trinajstić information content (AvgIpc) is 3.06. The number of piperidine rings is 3. The third-order valence-electron chi connectivity index (χ3n) is 7.48. The number of carbonyl (C=O) groups excluding carboxylic acids is 4. The summed E-state index contributed by atoms with van der Waals surface area (Å²) >= 11 is 0. The molecule has 2 N–H and O–H groups in total. The molecular weight excluding hydrogens is 424 g/mol. The zero-order chi connectivity index (χ0) is 23.1. The van der Waals surface area contributed by atoms with Crippen LogP contribution < -0.4 is 10.2 Å². The molecule has 0 spiro atoms. The number of rotatable bonds is 4. The summed E-state index contributed by atoms with van der Waals surface area (Å²) < 4.78 is 0. The fraction of sp³-hybridized carbons (Fsp3) is 0.583. The maximum atomic E-state index is 13.1. The van der Waals surface area contributed by atoms with Gasteiger partial charge in [0, 0.05) is 44.8 Å². The van der Waals surface area contributed by atoms with Crippen molar-refractivity contribution in [3.63, 3.8) is 0 Å². The van der Waals surface area contributed by atoms with Crippen LogP contribution in [-0.4, -0.2) is 83.4 Å².